The number of anilines is 3. The average molecular weight is 750 g/mol. The van der Waals surface area contributed by atoms with Gasteiger partial charge in [-0.15, -0.1) is 0 Å². The largest absolute Gasteiger partial charge is 0.310 e. The van der Waals surface area contributed by atoms with Gasteiger partial charge in [-0.05, 0) is 189 Å². The van der Waals surface area contributed by atoms with E-state index in [-0.39, 0.29) is 27.1 Å². The van der Waals surface area contributed by atoms with Crippen LogP contribution in [0.4, 0.5) is 17.1 Å². The van der Waals surface area contributed by atoms with Crippen LogP contribution in [0, 0.1) is 23.7 Å². The van der Waals surface area contributed by atoms with Gasteiger partial charge in [-0.1, -0.05) is 128 Å². The van der Waals surface area contributed by atoms with Gasteiger partial charge >= 0.3 is 0 Å². The van der Waals surface area contributed by atoms with E-state index in [1.54, 1.807) is 22.3 Å². The molecular weight excluding hydrogens is 687 g/mol. The lowest BCUT2D eigenvalue weighted by molar-refractivity contribution is -0.0399. The molecule has 1 spiro atoms. The minimum Gasteiger partial charge on any atom is -0.310 e. The molecular formula is C56H63N. The number of hydrogen-bond acceptors (Lipinski definition) is 1. The highest BCUT2D eigenvalue weighted by Crippen LogP contribution is 2.70. The first-order valence-corrected chi connectivity index (χ1v) is 22.6. The van der Waals surface area contributed by atoms with Crippen LogP contribution in [-0.2, 0) is 27.1 Å². The molecule has 0 atom stereocenters. The molecule has 1 heteroatoms. The molecule has 0 heterocycles. The monoisotopic (exact) mass is 749 g/mol. The Morgan fingerprint density at radius 2 is 0.912 bits per heavy atom. The molecule has 5 aromatic rings. The van der Waals surface area contributed by atoms with Crippen molar-refractivity contribution in [3.63, 3.8) is 0 Å². The third kappa shape index (κ3) is 5.05. The minimum atomic E-state index is 0.0623. The van der Waals surface area contributed by atoms with E-state index in [4.69, 9.17) is 0 Å². The second kappa shape index (κ2) is 12.0. The molecule has 7 aliphatic carbocycles. The second-order valence-corrected chi connectivity index (χ2v) is 22.3. The number of hydrogen-bond donors (Lipinski definition) is 0. The average Bonchev–Trinajstić information content (AvgIpc) is 3.47. The van der Waals surface area contributed by atoms with E-state index in [9.17, 15) is 0 Å². The van der Waals surface area contributed by atoms with E-state index in [2.05, 4.69) is 163 Å². The molecule has 0 amide bonds. The first-order chi connectivity index (χ1) is 27.2. The summed E-state index contributed by atoms with van der Waals surface area (Å²) in [6, 6.07) is 41.2. The van der Waals surface area contributed by atoms with Crippen LogP contribution < -0.4 is 4.90 Å². The summed E-state index contributed by atoms with van der Waals surface area (Å²) in [5, 5.41) is 0. The van der Waals surface area contributed by atoms with Crippen LogP contribution in [0.2, 0.25) is 0 Å². The fourth-order valence-corrected chi connectivity index (χ4v) is 14.3. The van der Waals surface area contributed by atoms with Crippen molar-refractivity contribution < 1.29 is 0 Å². The predicted molar refractivity (Wildman–Crippen MR) is 240 cm³/mol. The molecule has 7 aliphatic rings. The quantitative estimate of drug-likeness (QED) is 0.177. The first-order valence-electron chi connectivity index (χ1n) is 22.6. The Kier molecular flexibility index (Phi) is 7.58. The molecule has 292 valence electrons. The highest BCUT2D eigenvalue weighted by atomic mass is 15.2. The van der Waals surface area contributed by atoms with Crippen molar-refractivity contribution >= 4 is 17.1 Å². The maximum Gasteiger partial charge on any atom is 0.0502 e. The zero-order chi connectivity index (χ0) is 39.3. The molecule has 4 saturated carbocycles. The van der Waals surface area contributed by atoms with Gasteiger partial charge in [0.05, 0.1) is 11.4 Å². The summed E-state index contributed by atoms with van der Waals surface area (Å²) < 4.78 is 0. The van der Waals surface area contributed by atoms with Crippen molar-refractivity contribution in [2.75, 3.05) is 4.90 Å². The molecule has 0 aliphatic heterocycles. The minimum absolute atomic E-state index is 0.0623. The summed E-state index contributed by atoms with van der Waals surface area (Å²) in [6.07, 6.45) is 11.8. The topological polar surface area (TPSA) is 3.24 Å². The molecule has 0 saturated heterocycles. The molecule has 0 N–H and O–H groups in total. The van der Waals surface area contributed by atoms with Crippen molar-refractivity contribution in [3.8, 4) is 22.3 Å². The van der Waals surface area contributed by atoms with Gasteiger partial charge in [0.1, 0.15) is 0 Å². The van der Waals surface area contributed by atoms with Crippen molar-refractivity contribution in [3.05, 3.63) is 137 Å². The summed E-state index contributed by atoms with van der Waals surface area (Å²) in [4.78, 5) is 2.78. The number of fused-ring (bicyclic) bond motifs is 5. The molecule has 0 aromatic heterocycles. The third-order valence-corrected chi connectivity index (χ3v) is 17.1. The molecule has 0 radical (unpaired) electrons. The maximum absolute atomic E-state index is 2.78. The van der Waals surface area contributed by atoms with Gasteiger partial charge in [0.2, 0.25) is 0 Å². The Labute approximate surface area is 343 Å². The molecule has 57 heavy (non-hydrogen) atoms. The maximum atomic E-state index is 2.78. The molecule has 0 unspecified atom stereocenters. The Morgan fingerprint density at radius 3 is 1.46 bits per heavy atom. The van der Waals surface area contributed by atoms with E-state index in [1.165, 1.54) is 108 Å². The molecule has 1 nitrogen and oxygen atoms in total. The van der Waals surface area contributed by atoms with Crippen molar-refractivity contribution in [2.24, 2.45) is 23.7 Å². The molecule has 5 aromatic carbocycles. The van der Waals surface area contributed by atoms with Gasteiger partial charge in [0, 0.05) is 11.1 Å². The summed E-state index contributed by atoms with van der Waals surface area (Å²) in [5.74, 6) is 3.23. The van der Waals surface area contributed by atoms with E-state index < -0.39 is 0 Å². The van der Waals surface area contributed by atoms with Crippen LogP contribution in [0.25, 0.3) is 22.3 Å². The second-order valence-electron chi connectivity index (χ2n) is 22.3. The highest BCUT2D eigenvalue weighted by Gasteiger charge is 2.62. The van der Waals surface area contributed by atoms with Gasteiger partial charge in [-0.3, -0.25) is 0 Å². The van der Waals surface area contributed by atoms with Crippen LogP contribution in [-0.4, -0.2) is 0 Å². The number of benzene rings is 5. The van der Waals surface area contributed by atoms with E-state index in [0.717, 1.165) is 11.8 Å². The number of rotatable bonds is 4. The Morgan fingerprint density at radius 1 is 0.421 bits per heavy atom. The number of nitrogens with zero attached hydrogens (tertiary/aromatic N) is 1. The molecule has 4 fully saturated rings. The van der Waals surface area contributed by atoms with Crippen LogP contribution in [0.1, 0.15) is 147 Å². The Balaban J connectivity index is 1.19. The van der Waals surface area contributed by atoms with E-state index >= 15 is 0 Å². The highest BCUT2D eigenvalue weighted by molar-refractivity contribution is 5.90. The lowest BCUT2D eigenvalue weighted by atomic mass is 9.43. The molecule has 12 rings (SSSR count). The standard InChI is InChI=1S/C56H63N/c1-52(2)24-26-54(5,6)50-44(52)16-12-18-48(50)57(49-19-13-17-45-51(49)55(7,8)27-25-53(45,3)4)41-21-23-43-42-22-20-38(37-14-10-9-11-15-37)33-46(42)56(47(43)34-41)39-29-35-28-36(31-39)32-40(56)30-35/h9-23,33-36,39-40H,24-32H2,1-8H3. The van der Waals surface area contributed by atoms with Crippen LogP contribution >= 0.6 is 0 Å². The first kappa shape index (κ1) is 36.0. The van der Waals surface area contributed by atoms with Crippen LogP contribution in [0.15, 0.2) is 103 Å². The lowest BCUT2D eigenvalue weighted by Gasteiger charge is -2.61. The van der Waals surface area contributed by atoms with Crippen LogP contribution in [0.3, 0.4) is 0 Å². The summed E-state index contributed by atoms with van der Waals surface area (Å²) in [5.41, 5.74) is 19.7. The fraction of sp³-hybridized carbons (Fsp3) is 0.464. The van der Waals surface area contributed by atoms with Gasteiger partial charge < -0.3 is 4.90 Å². The zero-order valence-electron chi connectivity index (χ0n) is 35.9. The lowest BCUT2D eigenvalue weighted by Crippen LogP contribution is -2.55. The van der Waals surface area contributed by atoms with Crippen molar-refractivity contribution in [2.45, 2.75) is 140 Å². The summed E-state index contributed by atoms with van der Waals surface area (Å²) in [6.45, 7) is 20.0. The van der Waals surface area contributed by atoms with Gasteiger partial charge in [0.15, 0.2) is 0 Å². The fourth-order valence-electron chi connectivity index (χ4n) is 14.3. The predicted octanol–water partition coefficient (Wildman–Crippen LogP) is 15.2. The van der Waals surface area contributed by atoms with Crippen molar-refractivity contribution in [1.29, 1.82) is 0 Å². The third-order valence-electron chi connectivity index (χ3n) is 17.1. The normalized spacial score (nSPS) is 28.7. The van der Waals surface area contributed by atoms with Crippen LogP contribution in [0.5, 0.6) is 0 Å². The van der Waals surface area contributed by atoms with E-state index in [1.807, 2.05) is 0 Å². The summed E-state index contributed by atoms with van der Waals surface area (Å²) >= 11 is 0. The smallest absolute Gasteiger partial charge is 0.0502 e. The Hall–Kier alpha value is -4.10. The van der Waals surface area contributed by atoms with Gasteiger partial charge in [-0.25, -0.2) is 0 Å². The Bertz CT molecular complexity index is 2330. The van der Waals surface area contributed by atoms with E-state index in [0.29, 0.717) is 11.8 Å². The van der Waals surface area contributed by atoms with Crippen molar-refractivity contribution in [1.82, 2.24) is 0 Å². The van der Waals surface area contributed by atoms with Gasteiger partial charge in [-0.2, -0.15) is 0 Å². The summed E-state index contributed by atoms with van der Waals surface area (Å²) in [7, 11) is 0. The zero-order valence-corrected chi connectivity index (χ0v) is 35.9. The molecule has 4 bridgehead atoms. The SMILES string of the molecule is CC1(C)CCC(C)(C)c2c(N(c3ccc4c(c3)C3(c5cc(-c6ccccc6)ccc5-4)C4CC5CC(C4)CC3C5)c3cccc4c3C(C)(C)CCC4(C)C)cccc21. The van der Waals surface area contributed by atoms with Gasteiger partial charge in [0.25, 0.3) is 0 Å².